The number of nitrogens with zero attached hydrogens (tertiary/aromatic N) is 1. The number of nitrogens with one attached hydrogen (secondary N) is 2. The van der Waals surface area contributed by atoms with Crippen LogP contribution in [0.1, 0.15) is 37.3 Å². The molecule has 0 saturated carbocycles. The topological polar surface area (TPSA) is 62.8 Å². The lowest BCUT2D eigenvalue weighted by Gasteiger charge is -2.27. The van der Waals surface area contributed by atoms with Crippen LogP contribution in [-0.4, -0.2) is 36.7 Å². The normalized spacial score (nSPS) is 17.1. The molecular formula is C23H29N3O3. The first-order valence-electron chi connectivity index (χ1n) is 10.4. The van der Waals surface area contributed by atoms with Crippen molar-refractivity contribution in [2.75, 3.05) is 25.2 Å². The van der Waals surface area contributed by atoms with Crippen molar-refractivity contribution in [3.8, 4) is 11.5 Å². The van der Waals surface area contributed by atoms with Gasteiger partial charge in [-0.15, -0.1) is 0 Å². The molecule has 1 amide bonds. The Balaban J connectivity index is 1.32. The van der Waals surface area contributed by atoms with E-state index in [2.05, 4.69) is 39.8 Å². The van der Waals surface area contributed by atoms with Crippen molar-refractivity contribution in [1.82, 2.24) is 10.2 Å². The van der Waals surface area contributed by atoms with E-state index in [0.29, 0.717) is 23.7 Å². The molecule has 0 bridgehead atoms. The molecule has 1 atom stereocenters. The predicted molar refractivity (Wildman–Crippen MR) is 113 cm³/mol. The first-order valence-corrected chi connectivity index (χ1v) is 10.4. The monoisotopic (exact) mass is 395 g/mol. The molecule has 154 valence electrons. The summed E-state index contributed by atoms with van der Waals surface area (Å²) in [5, 5.41) is 6.31. The Morgan fingerprint density at radius 1 is 1.03 bits per heavy atom. The van der Waals surface area contributed by atoms with Gasteiger partial charge in [0.05, 0.1) is 6.04 Å². The number of piperidine rings is 1. The van der Waals surface area contributed by atoms with E-state index in [1.165, 1.54) is 43.5 Å². The Morgan fingerprint density at radius 3 is 2.62 bits per heavy atom. The minimum Gasteiger partial charge on any atom is -0.454 e. The van der Waals surface area contributed by atoms with Gasteiger partial charge in [-0.25, -0.2) is 0 Å². The lowest BCUT2D eigenvalue weighted by molar-refractivity contribution is -0.117. The third-order valence-electron chi connectivity index (χ3n) is 5.59. The molecule has 4 rings (SSSR count). The first-order chi connectivity index (χ1) is 14.2. The summed E-state index contributed by atoms with van der Waals surface area (Å²) in [6.45, 7) is 6.11. The van der Waals surface area contributed by atoms with Gasteiger partial charge < -0.3 is 20.1 Å². The maximum absolute atomic E-state index is 12.6. The second-order valence-electron chi connectivity index (χ2n) is 7.77. The number of hydrogen-bond acceptors (Lipinski definition) is 5. The fourth-order valence-corrected chi connectivity index (χ4v) is 3.82. The molecule has 0 radical (unpaired) electrons. The minimum atomic E-state index is -0.316. The highest BCUT2D eigenvalue weighted by Crippen LogP contribution is 2.34. The third-order valence-corrected chi connectivity index (χ3v) is 5.59. The molecule has 6 heteroatoms. The third kappa shape index (κ3) is 5.08. The number of likely N-dealkylation sites (tertiary alicyclic amines) is 1. The molecule has 29 heavy (non-hydrogen) atoms. The van der Waals surface area contributed by atoms with Crippen LogP contribution < -0.4 is 20.1 Å². The molecule has 0 aliphatic carbocycles. The summed E-state index contributed by atoms with van der Waals surface area (Å²) in [5.41, 5.74) is 3.30. The zero-order valence-electron chi connectivity index (χ0n) is 16.9. The molecule has 2 heterocycles. The van der Waals surface area contributed by atoms with Crippen LogP contribution in [0.4, 0.5) is 5.69 Å². The van der Waals surface area contributed by atoms with Gasteiger partial charge in [-0.1, -0.05) is 30.7 Å². The van der Waals surface area contributed by atoms with Gasteiger partial charge in [-0.3, -0.25) is 9.69 Å². The van der Waals surface area contributed by atoms with Gasteiger partial charge in [0.15, 0.2) is 11.5 Å². The highest BCUT2D eigenvalue weighted by Gasteiger charge is 2.17. The van der Waals surface area contributed by atoms with Crippen LogP contribution in [-0.2, 0) is 17.9 Å². The van der Waals surface area contributed by atoms with Crippen LogP contribution in [0.2, 0.25) is 0 Å². The second-order valence-corrected chi connectivity index (χ2v) is 7.77. The average molecular weight is 396 g/mol. The zero-order valence-corrected chi connectivity index (χ0v) is 16.9. The molecule has 2 aliphatic rings. The summed E-state index contributed by atoms with van der Waals surface area (Å²) < 4.78 is 10.7. The number of ether oxygens (including phenoxy) is 2. The molecule has 0 spiro atoms. The van der Waals surface area contributed by atoms with Gasteiger partial charge in [0.2, 0.25) is 12.7 Å². The molecule has 6 nitrogen and oxygen atoms in total. The molecule has 2 aromatic carbocycles. The minimum absolute atomic E-state index is 0.0719. The molecule has 1 fully saturated rings. The van der Waals surface area contributed by atoms with E-state index in [4.69, 9.17) is 9.47 Å². The van der Waals surface area contributed by atoms with E-state index < -0.39 is 0 Å². The van der Waals surface area contributed by atoms with Crippen LogP contribution >= 0.6 is 0 Å². The Morgan fingerprint density at radius 2 is 1.79 bits per heavy atom. The fourth-order valence-electron chi connectivity index (χ4n) is 3.82. The Hall–Kier alpha value is -2.57. The summed E-state index contributed by atoms with van der Waals surface area (Å²) in [7, 11) is 0. The second kappa shape index (κ2) is 9.29. The Kier molecular flexibility index (Phi) is 6.32. The smallest absolute Gasteiger partial charge is 0.241 e. The van der Waals surface area contributed by atoms with E-state index in [0.717, 1.165) is 6.54 Å². The largest absolute Gasteiger partial charge is 0.454 e. The van der Waals surface area contributed by atoms with Crippen molar-refractivity contribution in [1.29, 1.82) is 0 Å². The van der Waals surface area contributed by atoms with Gasteiger partial charge >= 0.3 is 0 Å². The van der Waals surface area contributed by atoms with Crippen molar-refractivity contribution in [3.05, 3.63) is 53.6 Å². The predicted octanol–water partition coefficient (Wildman–Crippen LogP) is 3.52. The number of anilines is 1. The van der Waals surface area contributed by atoms with Crippen molar-refractivity contribution >= 4 is 11.6 Å². The summed E-state index contributed by atoms with van der Waals surface area (Å²) in [5.74, 6) is 1.30. The van der Waals surface area contributed by atoms with Crippen LogP contribution in [0, 0.1) is 0 Å². The van der Waals surface area contributed by atoms with E-state index in [9.17, 15) is 4.79 Å². The van der Waals surface area contributed by atoms with E-state index in [-0.39, 0.29) is 18.7 Å². The average Bonchev–Trinajstić information content (AvgIpc) is 3.21. The van der Waals surface area contributed by atoms with E-state index >= 15 is 0 Å². The van der Waals surface area contributed by atoms with Crippen molar-refractivity contribution in [2.24, 2.45) is 0 Å². The summed E-state index contributed by atoms with van der Waals surface area (Å²) in [4.78, 5) is 15.1. The highest BCUT2D eigenvalue weighted by atomic mass is 16.7. The molecule has 0 aromatic heterocycles. The maximum Gasteiger partial charge on any atom is 0.241 e. The van der Waals surface area contributed by atoms with Gasteiger partial charge in [0, 0.05) is 24.8 Å². The fraction of sp³-hybridized carbons (Fsp3) is 0.435. The SMILES string of the molecule is C[C@H](NCc1ccccc1CN1CCCCC1)C(=O)Nc1ccc2c(c1)OCO2. The van der Waals surface area contributed by atoms with Crippen LogP contribution in [0.15, 0.2) is 42.5 Å². The van der Waals surface area contributed by atoms with E-state index in [1.54, 1.807) is 6.07 Å². The maximum atomic E-state index is 12.6. The lowest BCUT2D eigenvalue weighted by Crippen LogP contribution is -2.38. The van der Waals surface area contributed by atoms with Crippen molar-refractivity contribution in [2.45, 2.75) is 45.3 Å². The Bertz CT molecular complexity index is 849. The van der Waals surface area contributed by atoms with Gasteiger partial charge in [0.1, 0.15) is 0 Å². The number of fused-ring (bicyclic) bond motifs is 1. The standard InChI is InChI=1S/C23H29N3O3/c1-17(23(27)25-20-9-10-21-22(13-20)29-16-28-21)24-14-18-7-3-4-8-19(18)15-26-11-5-2-6-12-26/h3-4,7-10,13,17,24H,2,5-6,11-12,14-16H2,1H3,(H,25,27)/t17-/m0/s1. The number of carbonyl (C=O) groups is 1. The molecule has 2 N–H and O–H groups in total. The molecule has 2 aliphatic heterocycles. The van der Waals surface area contributed by atoms with Gasteiger partial charge in [-0.05, 0) is 56.1 Å². The number of benzene rings is 2. The first kappa shape index (κ1) is 19.7. The quantitative estimate of drug-likeness (QED) is 0.751. The van der Waals surface area contributed by atoms with Crippen LogP contribution in [0.3, 0.4) is 0 Å². The van der Waals surface area contributed by atoms with Crippen molar-refractivity contribution < 1.29 is 14.3 Å². The van der Waals surface area contributed by atoms with Crippen LogP contribution in [0.5, 0.6) is 11.5 Å². The summed E-state index contributed by atoms with van der Waals surface area (Å²) in [6, 6.07) is 13.6. The number of carbonyl (C=O) groups excluding carboxylic acids is 1. The molecule has 0 unspecified atom stereocenters. The van der Waals surface area contributed by atoms with Gasteiger partial charge in [-0.2, -0.15) is 0 Å². The zero-order chi connectivity index (χ0) is 20.1. The summed E-state index contributed by atoms with van der Waals surface area (Å²) in [6.07, 6.45) is 3.92. The number of hydrogen-bond donors (Lipinski definition) is 2. The molecule has 2 aromatic rings. The number of rotatable bonds is 7. The lowest BCUT2D eigenvalue weighted by atomic mass is 10.0. The van der Waals surface area contributed by atoms with Crippen LogP contribution in [0.25, 0.3) is 0 Å². The highest BCUT2D eigenvalue weighted by molar-refractivity contribution is 5.94. The summed E-state index contributed by atoms with van der Waals surface area (Å²) >= 11 is 0. The Labute approximate surface area is 172 Å². The van der Waals surface area contributed by atoms with Gasteiger partial charge in [0.25, 0.3) is 0 Å². The molecule has 1 saturated heterocycles. The van der Waals surface area contributed by atoms with Crippen molar-refractivity contribution in [3.63, 3.8) is 0 Å². The molecular weight excluding hydrogens is 366 g/mol. The number of amides is 1. The van der Waals surface area contributed by atoms with E-state index in [1.807, 2.05) is 19.1 Å².